The first-order valence-electron chi connectivity index (χ1n) is 12.6. The zero-order valence-corrected chi connectivity index (χ0v) is 25.6. The van der Waals surface area contributed by atoms with Gasteiger partial charge in [0.15, 0.2) is 0 Å². The van der Waals surface area contributed by atoms with E-state index in [2.05, 4.69) is 21.2 Å². The molecule has 0 unspecified atom stereocenters. The molecule has 7 nitrogen and oxygen atoms in total. The first kappa shape index (κ1) is 30.7. The van der Waals surface area contributed by atoms with Gasteiger partial charge in [0, 0.05) is 22.1 Å². The summed E-state index contributed by atoms with van der Waals surface area (Å²) in [6, 6.07) is 19.2. The quantitative estimate of drug-likeness (QED) is 0.283. The van der Waals surface area contributed by atoms with Crippen LogP contribution in [0.5, 0.6) is 0 Å². The minimum absolute atomic E-state index is 0.0384. The highest BCUT2D eigenvalue weighted by Gasteiger charge is 2.33. The van der Waals surface area contributed by atoms with Gasteiger partial charge in [0.05, 0.1) is 10.6 Å². The second-order valence-electron chi connectivity index (χ2n) is 9.40. The van der Waals surface area contributed by atoms with Crippen LogP contribution in [0, 0.1) is 6.92 Å². The molecule has 0 aromatic heterocycles. The largest absolute Gasteiger partial charge is 0.352 e. The number of aryl methyl sites for hydroxylation is 1. The van der Waals surface area contributed by atoms with E-state index in [1.165, 1.54) is 23.1 Å². The van der Waals surface area contributed by atoms with Crippen molar-refractivity contribution in [2.45, 2.75) is 57.6 Å². The second kappa shape index (κ2) is 13.5. The van der Waals surface area contributed by atoms with Gasteiger partial charge in [-0.25, -0.2) is 8.42 Å². The molecule has 2 amide bonds. The van der Waals surface area contributed by atoms with Crippen LogP contribution in [0.2, 0.25) is 5.02 Å². The topological polar surface area (TPSA) is 86.8 Å². The number of halogens is 2. The summed E-state index contributed by atoms with van der Waals surface area (Å²) in [5.74, 6) is -0.841. The maximum Gasteiger partial charge on any atom is 0.264 e. The third kappa shape index (κ3) is 7.84. The Bertz CT molecular complexity index is 1400. The number of rotatable bonds is 11. The molecule has 3 aromatic rings. The van der Waals surface area contributed by atoms with Crippen molar-refractivity contribution >= 4 is 55.1 Å². The lowest BCUT2D eigenvalue weighted by Crippen LogP contribution is -2.52. The Morgan fingerprint density at radius 1 is 1.00 bits per heavy atom. The summed E-state index contributed by atoms with van der Waals surface area (Å²) in [5, 5.41) is 3.30. The first-order chi connectivity index (χ1) is 18.4. The van der Waals surface area contributed by atoms with Crippen molar-refractivity contribution in [1.29, 1.82) is 0 Å². The monoisotopic (exact) mass is 633 g/mol. The van der Waals surface area contributed by atoms with Gasteiger partial charge in [-0.05, 0) is 74.7 Å². The van der Waals surface area contributed by atoms with Crippen LogP contribution >= 0.6 is 27.5 Å². The summed E-state index contributed by atoms with van der Waals surface area (Å²) >= 11 is 9.77. The Hall–Kier alpha value is -2.88. The number of hydrogen-bond donors (Lipinski definition) is 1. The van der Waals surface area contributed by atoms with Crippen molar-refractivity contribution in [2.75, 3.05) is 10.8 Å². The number of nitrogens with one attached hydrogen (secondary N) is 1. The molecule has 0 fully saturated rings. The van der Waals surface area contributed by atoms with Crippen molar-refractivity contribution in [3.05, 3.63) is 93.4 Å². The lowest BCUT2D eigenvalue weighted by Gasteiger charge is -2.32. The summed E-state index contributed by atoms with van der Waals surface area (Å²) < 4.78 is 29.5. The van der Waals surface area contributed by atoms with Crippen LogP contribution in [-0.2, 0) is 26.2 Å². The van der Waals surface area contributed by atoms with Crippen LogP contribution in [0.25, 0.3) is 0 Å². The molecule has 0 spiro atoms. The molecule has 0 bridgehead atoms. The van der Waals surface area contributed by atoms with E-state index in [9.17, 15) is 18.0 Å². The molecule has 0 heterocycles. The van der Waals surface area contributed by atoms with Crippen LogP contribution < -0.4 is 9.62 Å². The lowest BCUT2D eigenvalue weighted by atomic mass is 10.1. The molecule has 2 atom stereocenters. The predicted octanol–water partition coefficient (Wildman–Crippen LogP) is 5.94. The van der Waals surface area contributed by atoms with Crippen molar-refractivity contribution in [2.24, 2.45) is 0 Å². The summed E-state index contributed by atoms with van der Waals surface area (Å²) in [7, 11) is -4.14. The normalized spacial score (nSPS) is 12.9. The second-order valence-corrected chi connectivity index (χ2v) is 12.6. The summed E-state index contributed by atoms with van der Waals surface area (Å²) in [4.78, 5) is 28.5. The van der Waals surface area contributed by atoms with Gasteiger partial charge in [0.1, 0.15) is 12.6 Å². The van der Waals surface area contributed by atoms with E-state index < -0.39 is 28.5 Å². The average molecular weight is 635 g/mol. The Morgan fingerprint density at radius 2 is 1.64 bits per heavy atom. The SMILES string of the molecule is CC[C@H](C)NC(=O)[C@@H](C)N(Cc1ccc(Br)cc1)C(=O)CN(c1ccc(C)c(Cl)c1)S(=O)(=O)c1ccccc1. The van der Waals surface area contributed by atoms with Crippen molar-refractivity contribution in [1.82, 2.24) is 10.2 Å². The Labute approximate surface area is 244 Å². The number of carbonyl (C=O) groups excluding carboxylic acids is 2. The number of carbonyl (C=O) groups is 2. The molecule has 39 heavy (non-hydrogen) atoms. The molecule has 1 N–H and O–H groups in total. The van der Waals surface area contributed by atoms with Crippen LogP contribution in [0.1, 0.15) is 38.3 Å². The highest BCUT2D eigenvalue weighted by molar-refractivity contribution is 9.10. The smallest absolute Gasteiger partial charge is 0.264 e. The number of hydrogen-bond acceptors (Lipinski definition) is 4. The van der Waals surface area contributed by atoms with Gasteiger partial charge in [-0.3, -0.25) is 13.9 Å². The lowest BCUT2D eigenvalue weighted by molar-refractivity contribution is -0.139. The maximum atomic E-state index is 13.9. The van der Waals surface area contributed by atoms with Gasteiger partial charge in [-0.2, -0.15) is 0 Å². The third-order valence-electron chi connectivity index (χ3n) is 6.49. The summed E-state index contributed by atoms with van der Waals surface area (Å²) in [6.45, 7) is 6.90. The highest BCUT2D eigenvalue weighted by Crippen LogP contribution is 2.28. The molecule has 0 saturated heterocycles. The highest BCUT2D eigenvalue weighted by atomic mass is 79.9. The molecule has 10 heteroatoms. The Balaban J connectivity index is 2.03. The van der Waals surface area contributed by atoms with Gasteiger partial charge < -0.3 is 10.2 Å². The van der Waals surface area contributed by atoms with Crippen LogP contribution in [0.4, 0.5) is 5.69 Å². The summed E-state index contributed by atoms with van der Waals surface area (Å²) in [5.41, 5.74) is 1.82. The molecule has 0 aliphatic heterocycles. The Kier molecular flexibility index (Phi) is 10.6. The molecule has 0 saturated carbocycles. The van der Waals surface area contributed by atoms with Gasteiger partial charge in [0.2, 0.25) is 11.8 Å². The van der Waals surface area contributed by atoms with E-state index >= 15 is 0 Å². The molecule has 3 rings (SSSR count). The van der Waals surface area contributed by atoms with E-state index in [0.717, 1.165) is 26.3 Å². The van der Waals surface area contributed by atoms with Crippen LogP contribution in [-0.4, -0.2) is 43.8 Å². The number of amides is 2. The number of benzene rings is 3. The fraction of sp³-hybridized carbons (Fsp3) is 0.310. The minimum atomic E-state index is -4.14. The van der Waals surface area contributed by atoms with Gasteiger partial charge in [-0.1, -0.05) is 70.9 Å². The zero-order chi connectivity index (χ0) is 28.7. The van der Waals surface area contributed by atoms with Crippen LogP contribution in [0.3, 0.4) is 0 Å². The molecule has 0 aliphatic rings. The number of anilines is 1. The molecular weight excluding hydrogens is 602 g/mol. The number of sulfonamides is 1. The van der Waals surface area contributed by atoms with Gasteiger partial charge in [-0.15, -0.1) is 0 Å². The van der Waals surface area contributed by atoms with E-state index in [1.54, 1.807) is 37.3 Å². The van der Waals surface area contributed by atoms with E-state index in [0.29, 0.717) is 5.02 Å². The predicted molar refractivity (Wildman–Crippen MR) is 159 cm³/mol. The van der Waals surface area contributed by atoms with Gasteiger partial charge >= 0.3 is 0 Å². The zero-order valence-electron chi connectivity index (χ0n) is 22.4. The molecule has 3 aromatic carbocycles. The van der Waals surface area contributed by atoms with Crippen LogP contribution in [0.15, 0.2) is 82.2 Å². The molecule has 0 aliphatic carbocycles. The average Bonchev–Trinajstić information content (AvgIpc) is 2.92. The van der Waals surface area contributed by atoms with Crippen molar-refractivity contribution in [3.8, 4) is 0 Å². The van der Waals surface area contributed by atoms with Crippen molar-refractivity contribution < 1.29 is 18.0 Å². The van der Waals surface area contributed by atoms with Gasteiger partial charge in [0.25, 0.3) is 10.0 Å². The van der Waals surface area contributed by atoms with E-state index in [4.69, 9.17) is 11.6 Å². The summed E-state index contributed by atoms with van der Waals surface area (Å²) in [6.07, 6.45) is 0.733. The van der Waals surface area contributed by atoms with Crippen molar-refractivity contribution in [3.63, 3.8) is 0 Å². The fourth-order valence-electron chi connectivity index (χ4n) is 3.82. The van der Waals surface area contributed by atoms with E-state index in [1.807, 2.05) is 45.0 Å². The van der Waals surface area contributed by atoms with E-state index in [-0.39, 0.29) is 29.1 Å². The first-order valence-corrected chi connectivity index (χ1v) is 15.2. The fourth-order valence-corrected chi connectivity index (χ4v) is 5.69. The molecule has 208 valence electrons. The Morgan fingerprint density at radius 3 is 2.23 bits per heavy atom. The number of nitrogens with zero attached hydrogens (tertiary/aromatic N) is 2. The standard InChI is InChI=1S/C29H33BrClN3O4S/c1-5-21(3)32-29(36)22(4)33(18-23-12-14-24(30)15-13-23)28(35)19-34(25-16-11-20(2)27(31)17-25)39(37,38)26-9-7-6-8-10-26/h6-17,21-22H,5,18-19H2,1-4H3,(H,32,36)/t21-,22+/m0/s1. The molecular formula is C29H33BrClN3O4S. The molecule has 0 radical (unpaired) electrons. The third-order valence-corrected chi connectivity index (χ3v) is 9.21. The minimum Gasteiger partial charge on any atom is -0.352 e. The maximum absolute atomic E-state index is 13.9.